The Balaban J connectivity index is 2.12. The van der Waals surface area contributed by atoms with Gasteiger partial charge in [-0.2, -0.15) is 12.6 Å². The summed E-state index contributed by atoms with van der Waals surface area (Å²) in [7, 11) is 0. The van der Waals surface area contributed by atoms with Gasteiger partial charge < -0.3 is 9.47 Å². The van der Waals surface area contributed by atoms with Crippen LogP contribution in [0.5, 0.6) is 5.75 Å². The van der Waals surface area contributed by atoms with E-state index in [1.165, 1.54) is 6.07 Å². The Bertz CT molecular complexity index is 532. The maximum Gasteiger partial charge on any atom is 0.275 e. The van der Waals surface area contributed by atoms with Crippen molar-refractivity contribution in [3.8, 4) is 5.75 Å². The van der Waals surface area contributed by atoms with E-state index in [1.807, 2.05) is 0 Å². The molecule has 116 valence electrons. The van der Waals surface area contributed by atoms with Crippen molar-refractivity contribution in [2.75, 3.05) is 25.6 Å². The molecule has 0 N–H and O–H groups in total. The van der Waals surface area contributed by atoms with Gasteiger partial charge in [0.2, 0.25) is 0 Å². The molecule has 0 atom stereocenters. The number of benzene rings is 1. The summed E-state index contributed by atoms with van der Waals surface area (Å²) in [5.74, 6) is -0.0383. The van der Waals surface area contributed by atoms with Crippen LogP contribution in [0.3, 0.4) is 0 Å². The molecule has 0 bridgehead atoms. The first kappa shape index (κ1) is 16.0. The predicted molar refractivity (Wildman–Crippen MR) is 79.6 cm³/mol. The van der Waals surface area contributed by atoms with Crippen LogP contribution in [0.2, 0.25) is 0 Å². The molecule has 21 heavy (non-hydrogen) atoms. The highest BCUT2D eigenvalue weighted by atomic mass is 32.1. The number of nitro groups is 1. The van der Waals surface area contributed by atoms with Crippen molar-refractivity contribution in [2.24, 2.45) is 5.41 Å². The molecule has 5 nitrogen and oxygen atoms in total. The summed E-state index contributed by atoms with van der Waals surface area (Å²) < 4.78 is 24.8. The van der Waals surface area contributed by atoms with Gasteiger partial charge in [-0.05, 0) is 31.6 Å². The monoisotopic (exact) mass is 315 g/mol. The second-order valence-electron chi connectivity index (χ2n) is 5.39. The van der Waals surface area contributed by atoms with E-state index in [9.17, 15) is 14.5 Å². The van der Waals surface area contributed by atoms with E-state index in [0.717, 1.165) is 18.9 Å². The average Bonchev–Trinajstić information content (AvgIpc) is 2.48. The minimum atomic E-state index is -0.714. The van der Waals surface area contributed by atoms with Crippen molar-refractivity contribution in [1.29, 1.82) is 0 Å². The molecule has 0 aromatic heterocycles. The summed E-state index contributed by atoms with van der Waals surface area (Å²) in [6.45, 7) is 3.18. The number of aryl methyl sites for hydroxylation is 1. The highest BCUT2D eigenvalue weighted by Gasteiger charge is 2.32. The molecule has 0 unspecified atom stereocenters. The molecule has 1 saturated heterocycles. The lowest BCUT2D eigenvalue weighted by Crippen LogP contribution is -2.37. The van der Waals surface area contributed by atoms with Gasteiger partial charge in [0.1, 0.15) is 0 Å². The van der Waals surface area contributed by atoms with Crippen LogP contribution in [0.1, 0.15) is 18.4 Å². The van der Waals surface area contributed by atoms with E-state index in [-0.39, 0.29) is 16.9 Å². The van der Waals surface area contributed by atoms with Crippen LogP contribution in [0, 0.1) is 28.3 Å². The lowest BCUT2D eigenvalue weighted by molar-refractivity contribution is -0.385. The van der Waals surface area contributed by atoms with Crippen LogP contribution >= 0.6 is 12.6 Å². The SMILES string of the molecule is Cc1cc(OCC2(CS)CCOCC2)c(F)cc1[N+](=O)[O-]. The molecule has 0 aliphatic carbocycles. The number of hydrogen-bond donors (Lipinski definition) is 1. The van der Waals surface area contributed by atoms with Crippen molar-refractivity contribution in [2.45, 2.75) is 19.8 Å². The number of hydrogen-bond acceptors (Lipinski definition) is 5. The number of halogens is 1. The molecule has 0 saturated carbocycles. The Morgan fingerprint density at radius 3 is 2.71 bits per heavy atom. The molecule has 1 aliphatic rings. The van der Waals surface area contributed by atoms with Crippen LogP contribution in [-0.2, 0) is 4.74 Å². The lowest BCUT2D eigenvalue weighted by atomic mass is 9.83. The Hall–Kier alpha value is -1.34. The molecule has 1 heterocycles. The number of ether oxygens (including phenoxy) is 2. The van der Waals surface area contributed by atoms with E-state index in [2.05, 4.69) is 12.6 Å². The van der Waals surface area contributed by atoms with E-state index in [1.54, 1.807) is 6.92 Å². The molecular weight excluding hydrogens is 297 g/mol. The molecule has 2 rings (SSSR count). The van der Waals surface area contributed by atoms with Gasteiger partial charge in [-0.25, -0.2) is 4.39 Å². The highest BCUT2D eigenvalue weighted by molar-refractivity contribution is 7.80. The number of nitro benzene ring substituents is 1. The summed E-state index contributed by atoms with van der Waals surface area (Å²) in [6, 6.07) is 2.28. The summed E-state index contributed by atoms with van der Waals surface area (Å²) in [5.41, 5.74) is 0.00172. The van der Waals surface area contributed by atoms with Crippen LogP contribution in [-0.4, -0.2) is 30.5 Å². The minimum Gasteiger partial charge on any atom is -0.490 e. The van der Waals surface area contributed by atoms with Crippen molar-refractivity contribution in [3.05, 3.63) is 33.6 Å². The summed E-state index contributed by atoms with van der Waals surface area (Å²) in [4.78, 5) is 10.2. The van der Waals surface area contributed by atoms with Crippen molar-refractivity contribution < 1.29 is 18.8 Å². The Morgan fingerprint density at radius 1 is 1.48 bits per heavy atom. The fourth-order valence-electron chi connectivity index (χ4n) is 2.34. The van der Waals surface area contributed by atoms with Crippen molar-refractivity contribution in [3.63, 3.8) is 0 Å². The molecule has 0 spiro atoms. The second-order valence-corrected chi connectivity index (χ2v) is 5.70. The predicted octanol–water partition coefficient (Wildman–Crippen LogP) is 3.15. The second kappa shape index (κ2) is 6.62. The first-order chi connectivity index (χ1) is 9.97. The average molecular weight is 315 g/mol. The number of nitrogens with zero attached hydrogens (tertiary/aromatic N) is 1. The molecule has 0 amide bonds. The van der Waals surface area contributed by atoms with Gasteiger partial charge in [0.25, 0.3) is 5.69 Å². The highest BCUT2D eigenvalue weighted by Crippen LogP contribution is 2.34. The minimum absolute atomic E-state index is 0.0470. The summed E-state index contributed by atoms with van der Waals surface area (Å²) >= 11 is 4.37. The molecule has 1 fully saturated rings. The maximum atomic E-state index is 13.9. The van der Waals surface area contributed by atoms with E-state index in [0.29, 0.717) is 31.1 Å². The molecule has 7 heteroatoms. The van der Waals surface area contributed by atoms with Crippen LogP contribution in [0.25, 0.3) is 0 Å². The Labute approximate surface area is 128 Å². The fraction of sp³-hybridized carbons (Fsp3) is 0.571. The third kappa shape index (κ3) is 3.65. The summed E-state index contributed by atoms with van der Waals surface area (Å²) in [5, 5.41) is 10.8. The van der Waals surface area contributed by atoms with Gasteiger partial charge in [-0.15, -0.1) is 0 Å². The Morgan fingerprint density at radius 2 is 2.14 bits per heavy atom. The van der Waals surface area contributed by atoms with E-state index < -0.39 is 10.7 Å². The van der Waals surface area contributed by atoms with E-state index in [4.69, 9.17) is 9.47 Å². The molecule has 1 aliphatic heterocycles. The smallest absolute Gasteiger partial charge is 0.275 e. The van der Waals surface area contributed by atoms with Crippen LogP contribution in [0.4, 0.5) is 10.1 Å². The zero-order valence-electron chi connectivity index (χ0n) is 11.8. The number of thiol groups is 1. The number of rotatable bonds is 5. The fourth-order valence-corrected chi connectivity index (χ4v) is 2.74. The first-order valence-corrected chi connectivity index (χ1v) is 7.37. The van der Waals surface area contributed by atoms with Crippen molar-refractivity contribution in [1.82, 2.24) is 0 Å². The topological polar surface area (TPSA) is 61.6 Å². The molecule has 1 aromatic carbocycles. The first-order valence-electron chi connectivity index (χ1n) is 6.73. The molecule has 1 aromatic rings. The summed E-state index contributed by atoms with van der Waals surface area (Å²) in [6.07, 6.45) is 1.62. The van der Waals surface area contributed by atoms with Gasteiger partial charge in [0.05, 0.1) is 17.6 Å². The Kier molecular flexibility index (Phi) is 5.05. The zero-order chi connectivity index (χ0) is 15.5. The van der Waals surface area contributed by atoms with Crippen molar-refractivity contribution >= 4 is 18.3 Å². The zero-order valence-corrected chi connectivity index (χ0v) is 12.7. The van der Waals surface area contributed by atoms with Crippen LogP contribution < -0.4 is 4.74 Å². The third-order valence-corrected chi connectivity index (χ3v) is 4.54. The van der Waals surface area contributed by atoms with Gasteiger partial charge >= 0.3 is 0 Å². The van der Waals surface area contributed by atoms with E-state index >= 15 is 0 Å². The maximum absolute atomic E-state index is 13.9. The largest absolute Gasteiger partial charge is 0.490 e. The quantitative estimate of drug-likeness (QED) is 0.515. The third-order valence-electron chi connectivity index (χ3n) is 3.87. The van der Waals surface area contributed by atoms with Gasteiger partial charge in [0.15, 0.2) is 11.6 Å². The van der Waals surface area contributed by atoms with Gasteiger partial charge in [-0.1, -0.05) is 0 Å². The normalized spacial score (nSPS) is 17.5. The van der Waals surface area contributed by atoms with Crippen LogP contribution in [0.15, 0.2) is 12.1 Å². The molecular formula is C14H18FNO4S. The van der Waals surface area contributed by atoms with Gasteiger partial charge in [0, 0.05) is 24.2 Å². The van der Waals surface area contributed by atoms with Gasteiger partial charge in [-0.3, -0.25) is 10.1 Å². The lowest BCUT2D eigenvalue weighted by Gasteiger charge is -2.35. The standard InChI is InChI=1S/C14H18FNO4S/c1-10-6-13(11(15)7-12(10)16(17)18)20-8-14(9-21)2-4-19-5-3-14/h6-7,21H,2-5,8-9H2,1H3. The molecule has 0 radical (unpaired) electrons.